The van der Waals surface area contributed by atoms with E-state index < -0.39 is 0 Å². The topological polar surface area (TPSA) is 22.1 Å². The third kappa shape index (κ3) is 1.91. The van der Waals surface area contributed by atoms with Crippen LogP contribution in [0, 0.1) is 0 Å². The van der Waals surface area contributed by atoms with Crippen molar-refractivity contribution >= 4 is 11.8 Å². The molecule has 0 amide bonds. The number of pyridine rings is 1. The fourth-order valence-electron chi connectivity index (χ4n) is 1.19. The second kappa shape index (κ2) is 3.81. The van der Waals surface area contributed by atoms with Crippen molar-refractivity contribution in [2.24, 2.45) is 0 Å². The Bertz CT molecular complexity index is 234. The zero-order valence-corrected chi connectivity index (χ0v) is 7.59. The molecule has 0 N–H and O–H groups in total. The maximum absolute atomic E-state index is 5.64. The minimum Gasteiger partial charge on any atom is -0.473 e. The highest BCUT2D eigenvalue weighted by Gasteiger charge is 2.16. The zero-order valence-electron chi connectivity index (χ0n) is 6.77. The lowest BCUT2D eigenvalue weighted by Crippen LogP contribution is -2.15. The van der Waals surface area contributed by atoms with Crippen LogP contribution in [-0.2, 0) is 0 Å². The standard InChI is InChI=1S/C9H11NOS/c1-2-5-10-9(3-1)11-8-4-6-12-7-8/h1-3,5,8H,4,6-7H2. The third-order valence-corrected chi connectivity index (χ3v) is 2.94. The lowest BCUT2D eigenvalue weighted by molar-refractivity contribution is 0.220. The van der Waals surface area contributed by atoms with Gasteiger partial charge >= 0.3 is 0 Å². The van der Waals surface area contributed by atoms with E-state index in [9.17, 15) is 0 Å². The first kappa shape index (κ1) is 7.92. The van der Waals surface area contributed by atoms with E-state index in [4.69, 9.17) is 4.74 Å². The number of nitrogens with zero attached hydrogens (tertiary/aromatic N) is 1. The first-order valence-electron chi connectivity index (χ1n) is 4.10. The van der Waals surface area contributed by atoms with Crippen LogP contribution < -0.4 is 4.74 Å². The zero-order chi connectivity index (χ0) is 8.23. The molecule has 1 atom stereocenters. The smallest absolute Gasteiger partial charge is 0.213 e. The highest BCUT2D eigenvalue weighted by atomic mass is 32.2. The number of aromatic nitrogens is 1. The molecule has 1 saturated heterocycles. The van der Waals surface area contributed by atoms with Crippen LogP contribution in [0.2, 0.25) is 0 Å². The molecule has 0 saturated carbocycles. The average molecular weight is 181 g/mol. The third-order valence-electron chi connectivity index (χ3n) is 1.81. The summed E-state index contributed by atoms with van der Waals surface area (Å²) in [6.45, 7) is 0. The van der Waals surface area contributed by atoms with Crippen molar-refractivity contribution < 1.29 is 4.74 Å². The van der Waals surface area contributed by atoms with Crippen LogP contribution in [0.3, 0.4) is 0 Å². The predicted octanol–water partition coefficient (Wildman–Crippen LogP) is 1.97. The molecule has 2 rings (SSSR count). The summed E-state index contributed by atoms with van der Waals surface area (Å²) in [7, 11) is 0. The molecular weight excluding hydrogens is 170 g/mol. The Hall–Kier alpha value is -0.700. The van der Waals surface area contributed by atoms with E-state index in [0.29, 0.717) is 6.10 Å². The van der Waals surface area contributed by atoms with Gasteiger partial charge in [0.15, 0.2) is 0 Å². The van der Waals surface area contributed by atoms with Gasteiger partial charge in [-0.15, -0.1) is 0 Å². The van der Waals surface area contributed by atoms with Crippen LogP contribution in [-0.4, -0.2) is 22.6 Å². The van der Waals surface area contributed by atoms with Crippen molar-refractivity contribution in [3.63, 3.8) is 0 Å². The van der Waals surface area contributed by atoms with E-state index in [0.717, 1.165) is 18.1 Å². The molecule has 1 aromatic rings. The predicted molar refractivity (Wildman–Crippen MR) is 50.6 cm³/mol. The number of rotatable bonds is 2. The molecular formula is C9H11NOS. The minimum atomic E-state index is 0.380. The van der Waals surface area contributed by atoms with Gasteiger partial charge in [0.2, 0.25) is 5.88 Å². The molecule has 1 fully saturated rings. The molecule has 0 spiro atoms. The summed E-state index contributed by atoms with van der Waals surface area (Å²) < 4.78 is 5.64. The maximum Gasteiger partial charge on any atom is 0.213 e. The van der Waals surface area contributed by atoms with Crippen molar-refractivity contribution in [2.45, 2.75) is 12.5 Å². The number of hydrogen-bond acceptors (Lipinski definition) is 3. The first-order valence-corrected chi connectivity index (χ1v) is 5.26. The van der Waals surface area contributed by atoms with E-state index in [1.54, 1.807) is 6.20 Å². The summed E-state index contributed by atoms with van der Waals surface area (Å²) in [5, 5.41) is 0. The fourth-order valence-corrected chi connectivity index (χ4v) is 2.29. The van der Waals surface area contributed by atoms with Gasteiger partial charge in [-0.25, -0.2) is 4.98 Å². The minimum absolute atomic E-state index is 0.380. The Kier molecular flexibility index (Phi) is 2.51. The van der Waals surface area contributed by atoms with Gasteiger partial charge in [0, 0.05) is 18.0 Å². The van der Waals surface area contributed by atoms with E-state index in [-0.39, 0.29) is 0 Å². The molecule has 1 aliphatic rings. The highest BCUT2D eigenvalue weighted by molar-refractivity contribution is 7.99. The number of hydrogen-bond donors (Lipinski definition) is 0. The fraction of sp³-hybridized carbons (Fsp3) is 0.444. The van der Waals surface area contributed by atoms with Crippen molar-refractivity contribution in [2.75, 3.05) is 11.5 Å². The molecule has 64 valence electrons. The van der Waals surface area contributed by atoms with E-state index in [1.807, 2.05) is 30.0 Å². The van der Waals surface area contributed by atoms with Crippen LogP contribution in [0.15, 0.2) is 24.4 Å². The van der Waals surface area contributed by atoms with Gasteiger partial charge in [0.25, 0.3) is 0 Å². The van der Waals surface area contributed by atoms with Gasteiger partial charge in [-0.2, -0.15) is 11.8 Å². The Labute approximate surface area is 76.3 Å². The largest absolute Gasteiger partial charge is 0.473 e. The van der Waals surface area contributed by atoms with E-state index in [1.165, 1.54) is 5.75 Å². The van der Waals surface area contributed by atoms with E-state index in [2.05, 4.69) is 4.98 Å². The first-order chi connectivity index (χ1) is 5.95. The van der Waals surface area contributed by atoms with Gasteiger partial charge in [-0.1, -0.05) is 6.07 Å². The molecule has 0 radical (unpaired) electrons. The van der Waals surface area contributed by atoms with Crippen molar-refractivity contribution in [1.29, 1.82) is 0 Å². The van der Waals surface area contributed by atoms with Crippen LogP contribution in [0.4, 0.5) is 0 Å². The van der Waals surface area contributed by atoms with Gasteiger partial charge in [-0.3, -0.25) is 0 Å². The molecule has 12 heavy (non-hydrogen) atoms. The summed E-state index contributed by atoms with van der Waals surface area (Å²) in [5.41, 5.74) is 0. The molecule has 1 aliphatic heterocycles. The highest BCUT2D eigenvalue weighted by Crippen LogP contribution is 2.21. The van der Waals surface area contributed by atoms with Crippen LogP contribution in [0.1, 0.15) is 6.42 Å². The molecule has 1 aromatic heterocycles. The summed E-state index contributed by atoms with van der Waals surface area (Å²) >= 11 is 1.95. The van der Waals surface area contributed by atoms with E-state index >= 15 is 0 Å². The van der Waals surface area contributed by atoms with Gasteiger partial charge in [0.1, 0.15) is 6.10 Å². The second-order valence-electron chi connectivity index (χ2n) is 2.77. The quantitative estimate of drug-likeness (QED) is 0.696. The van der Waals surface area contributed by atoms with Crippen LogP contribution >= 0.6 is 11.8 Å². The monoisotopic (exact) mass is 181 g/mol. The lowest BCUT2D eigenvalue weighted by atomic mass is 10.3. The van der Waals surface area contributed by atoms with Crippen molar-refractivity contribution in [3.8, 4) is 5.88 Å². The summed E-state index contributed by atoms with van der Waals surface area (Å²) in [6.07, 6.45) is 3.29. The molecule has 0 aromatic carbocycles. The Morgan fingerprint density at radius 2 is 2.50 bits per heavy atom. The van der Waals surface area contributed by atoms with Gasteiger partial charge in [0.05, 0.1) is 0 Å². The Balaban J connectivity index is 1.94. The number of ether oxygens (including phenoxy) is 1. The summed E-state index contributed by atoms with van der Waals surface area (Å²) in [4.78, 5) is 4.11. The lowest BCUT2D eigenvalue weighted by Gasteiger charge is -2.10. The van der Waals surface area contributed by atoms with Crippen LogP contribution in [0.5, 0.6) is 5.88 Å². The maximum atomic E-state index is 5.64. The van der Waals surface area contributed by atoms with Crippen molar-refractivity contribution in [1.82, 2.24) is 4.98 Å². The molecule has 0 aliphatic carbocycles. The van der Waals surface area contributed by atoms with Gasteiger partial charge in [-0.05, 0) is 18.2 Å². The Morgan fingerprint density at radius 1 is 1.50 bits per heavy atom. The Morgan fingerprint density at radius 3 is 3.17 bits per heavy atom. The van der Waals surface area contributed by atoms with Crippen molar-refractivity contribution in [3.05, 3.63) is 24.4 Å². The van der Waals surface area contributed by atoms with Gasteiger partial charge < -0.3 is 4.74 Å². The molecule has 2 nitrogen and oxygen atoms in total. The SMILES string of the molecule is c1ccc(OC2CCSC2)nc1. The van der Waals surface area contributed by atoms with Crippen LogP contribution in [0.25, 0.3) is 0 Å². The summed E-state index contributed by atoms with van der Waals surface area (Å²) in [5.74, 6) is 3.08. The second-order valence-corrected chi connectivity index (χ2v) is 3.92. The molecule has 1 unspecified atom stereocenters. The summed E-state index contributed by atoms with van der Waals surface area (Å²) in [6, 6.07) is 5.75. The normalized spacial score (nSPS) is 22.5. The molecule has 3 heteroatoms. The molecule has 2 heterocycles. The molecule has 0 bridgehead atoms. The average Bonchev–Trinajstić information content (AvgIpc) is 2.59. The number of thioether (sulfide) groups is 1.